The van der Waals surface area contributed by atoms with Crippen molar-refractivity contribution in [3.05, 3.63) is 18.2 Å². The van der Waals surface area contributed by atoms with Crippen molar-refractivity contribution in [1.29, 1.82) is 0 Å². The van der Waals surface area contributed by atoms with Crippen LogP contribution in [0.5, 0.6) is 0 Å². The van der Waals surface area contributed by atoms with E-state index in [0.29, 0.717) is 11.4 Å². The van der Waals surface area contributed by atoms with Crippen molar-refractivity contribution in [2.75, 3.05) is 24.7 Å². The molecule has 0 saturated heterocycles. The summed E-state index contributed by atoms with van der Waals surface area (Å²) in [5, 5.41) is 0. The van der Waals surface area contributed by atoms with Crippen LogP contribution in [0.4, 0.5) is 11.4 Å². The average molecular weight is 285 g/mol. The minimum absolute atomic E-state index is 0.145. The highest BCUT2D eigenvalue weighted by Crippen LogP contribution is 2.32. The number of rotatable bonds is 5. The first-order chi connectivity index (χ1) is 8.65. The molecule has 1 aromatic rings. The summed E-state index contributed by atoms with van der Waals surface area (Å²) in [4.78, 5) is 2.18. The van der Waals surface area contributed by atoms with Crippen LogP contribution in [0.25, 0.3) is 0 Å². The Bertz CT molecular complexity index is 553. The minimum Gasteiger partial charge on any atom is -0.399 e. The molecule has 0 unspecified atom stereocenters. The molecule has 0 radical (unpaired) electrons. The van der Waals surface area contributed by atoms with Gasteiger partial charge < -0.3 is 10.6 Å². The summed E-state index contributed by atoms with van der Waals surface area (Å²) in [6.07, 6.45) is 0.896. The Kier molecular flexibility index (Phi) is 4.47. The third-order valence-corrected chi connectivity index (χ3v) is 5.12. The molecule has 6 heteroatoms. The summed E-state index contributed by atoms with van der Waals surface area (Å²) in [5.74, 6) is 0. The first kappa shape index (κ1) is 15.8. The fraction of sp³-hybridized carbons (Fsp3) is 0.538. The van der Waals surface area contributed by atoms with Crippen LogP contribution < -0.4 is 15.4 Å². The van der Waals surface area contributed by atoms with E-state index in [9.17, 15) is 8.42 Å². The normalized spacial score (nSPS) is 12.5. The topological polar surface area (TPSA) is 75.4 Å². The van der Waals surface area contributed by atoms with Crippen molar-refractivity contribution < 1.29 is 8.42 Å². The van der Waals surface area contributed by atoms with Gasteiger partial charge in [-0.3, -0.25) is 0 Å². The van der Waals surface area contributed by atoms with Gasteiger partial charge in [0.15, 0.2) is 0 Å². The second-order valence-corrected chi connectivity index (χ2v) is 7.01. The zero-order valence-electron chi connectivity index (χ0n) is 12.2. The molecule has 1 rings (SSSR count). The van der Waals surface area contributed by atoms with E-state index in [2.05, 4.69) is 25.5 Å². The third-order valence-electron chi connectivity index (χ3n) is 3.68. The smallest absolute Gasteiger partial charge is 0.242 e. The second kappa shape index (κ2) is 5.38. The molecule has 0 amide bonds. The van der Waals surface area contributed by atoms with E-state index in [1.807, 2.05) is 11.9 Å². The van der Waals surface area contributed by atoms with Gasteiger partial charge in [-0.2, -0.15) is 0 Å². The van der Waals surface area contributed by atoms with Crippen LogP contribution >= 0.6 is 0 Å². The lowest BCUT2D eigenvalue weighted by Gasteiger charge is -2.37. The van der Waals surface area contributed by atoms with Crippen LogP contribution in [0, 0.1) is 0 Å². The van der Waals surface area contributed by atoms with Crippen molar-refractivity contribution >= 4 is 21.4 Å². The Hall–Kier alpha value is -1.27. The molecule has 0 saturated carbocycles. The number of nitrogens with zero attached hydrogens (tertiary/aromatic N) is 1. The van der Waals surface area contributed by atoms with Gasteiger partial charge in [0.2, 0.25) is 10.0 Å². The number of anilines is 2. The van der Waals surface area contributed by atoms with E-state index < -0.39 is 10.0 Å². The zero-order chi connectivity index (χ0) is 14.8. The lowest BCUT2D eigenvalue weighted by molar-refractivity contribution is 0.468. The molecule has 0 aliphatic heterocycles. The highest BCUT2D eigenvalue weighted by molar-refractivity contribution is 7.89. The van der Waals surface area contributed by atoms with Crippen LogP contribution in [-0.4, -0.2) is 28.1 Å². The summed E-state index contributed by atoms with van der Waals surface area (Å²) < 4.78 is 26.5. The largest absolute Gasteiger partial charge is 0.399 e. The second-order valence-electron chi connectivity index (χ2n) is 5.16. The Morgan fingerprint density at radius 2 is 1.95 bits per heavy atom. The van der Waals surface area contributed by atoms with Gasteiger partial charge in [-0.25, -0.2) is 13.1 Å². The maximum atomic E-state index is 12.1. The molecular formula is C13H23N3O2S. The fourth-order valence-electron chi connectivity index (χ4n) is 1.70. The van der Waals surface area contributed by atoms with Crippen molar-refractivity contribution in [2.24, 2.45) is 0 Å². The fourth-order valence-corrected chi connectivity index (χ4v) is 2.69. The summed E-state index contributed by atoms with van der Waals surface area (Å²) in [6.45, 7) is 6.21. The third kappa shape index (κ3) is 3.19. The van der Waals surface area contributed by atoms with E-state index >= 15 is 0 Å². The molecule has 19 heavy (non-hydrogen) atoms. The summed E-state index contributed by atoms with van der Waals surface area (Å²) in [6, 6.07) is 4.95. The van der Waals surface area contributed by atoms with Gasteiger partial charge in [-0.15, -0.1) is 0 Å². The number of nitrogen functional groups attached to an aromatic ring is 1. The molecule has 0 aliphatic carbocycles. The SMILES string of the molecule is CCC(C)(C)N(C)c1ccc(N)cc1S(=O)(=O)NC. The molecule has 3 N–H and O–H groups in total. The van der Waals surface area contributed by atoms with Crippen LogP contribution in [0.2, 0.25) is 0 Å². The quantitative estimate of drug-likeness (QED) is 0.809. The monoisotopic (exact) mass is 285 g/mol. The molecule has 0 aliphatic rings. The van der Waals surface area contributed by atoms with Crippen LogP contribution in [0.1, 0.15) is 27.2 Å². The first-order valence-electron chi connectivity index (χ1n) is 6.22. The van der Waals surface area contributed by atoms with E-state index in [4.69, 9.17) is 5.73 Å². The van der Waals surface area contributed by atoms with E-state index in [-0.39, 0.29) is 10.4 Å². The molecule has 0 heterocycles. The number of sulfonamides is 1. The van der Waals surface area contributed by atoms with Gasteiger partial charge in [-0.1, -0.05) is 6.92 Å². The summed E-state index contributed by atoms with van der Waals surface area (Å²) in [7, 11) is -0.248. The molecule has 0 aromatic heterocycles. The maximum Gasteiger partial charge on any atom is 0.242 e. The standard InChI is InChI=1S/C13H23N3O2S/c1-6-13(2,3)16(5)11-8-7-10(14)9-12(11)19(17,18)15-4/h7-9,15H,6,14H2,1-5H3. The van der Waals surface area contributed by atoms with Gasteiger partial charge in [-0.05, 0) is 45.5 Å². The summed E-state index contributed by atoms with van der Waals surface area (Å²) in [5.41, 5.74) is 6.64. The number of hydrogen-bond acceptors (Lipinski definition) is 4. The number of nitrogens with two attached hydrogens (primary N) is 1. The predicted molar refractivity (Wildman–Crippen MR) is 79.9 cm³/mol. The van der Waals surface area contributed by atoms with Crippen molar-refractivity contribution in [1.82, 2.24) is 4.72 Å². The Morgan fingerprint density at radius 3 is 2.42 bits per heavy atom. The van der Waals surface area contributed by atoms with E-state index in [1.165, 1.54) is 13.1 Å². The first-order valence-corrected chi connectivity index (χ1v) is 7.71. The number of hydrogen-bond donors (Lipinski definition) is 2. The highest BCUT2D eigenvalue weighted by Gasteiger charge is 2.27. The molecule has 0 bridgehead atoms. The van der Waals surface area contributed by atoms with Gasteiger partial charge in [0.25, 0.3) is 0 Å². The highest BCUT2D eigenvalue weighted by atomic mass is 32.2. The van der Waals surface area contributed by atoms with Gasteiger partial charge >= 0.3 is 0 Å². The molecular weight excluding hydrogens is 262 g/mol. The van der Waals surface area contributed by atoms with Crippen LogP contribution in [0.15, 0.2) is 23.1 Å². The average Bonchev–Trinajstić information content (AvgIpc) is 2.37. The van der Waals surface area contributed by atoms with Crippen LogP contribution in [-0.2, 0) is 10.0 Å². The predicted octanol–water partition coefficient (Wildman–Crippen LogP) is 1.80. The van der Waals surface area contributed by atoms with E-state index in [1.54, 1.807) is 12.1 Å². The Labute approximate surface area is 115 Å². The van der Waals surface area contributed by atoms with Gasteiger partial charge in [0.1, 0.15) is 4.90 Å². The maximum absolute atomic E-state index is 12.1. The van der Waals surface area contributed by atoms with E-state index in [0.717, 1.165) is 6.42 Å². The zero-order valence-corrected chi connectivity index (χ0v) is 13.0. The number of nitrogens with one attached hydrogen (secondary N) is 1. The summed E-state index contributed by atoms with van der Waals surface area (Å²) >= 11 is 0. The Morgan fingerprint density at radius 1 is 1.37 bits per heavy atom. The van der Waals surface area contributed by atoms with Crippen molar-refractivity contribution in [3.63, 3.8) is 0 Å². The molecule has 0 spiro atoms. The lowest BCUT2D eigenvalue weighted by Crippen LogP contribution is -2.41. The molecule has 0 fully saturated rings. The molecule has 108 valence electrons. The van der Waals surface area contributed by atoms with Crippen molar-refractivity contribution in [2.45, 2.75) is 37.6 Å². The Balaban J connectivity index is 3.45. The number of benzene rings is 1. The van der Waals surface area contributed by atoms with Gasteiger partial charge in [0, 0.05) is 18.3 Å². The lowest BCUT2D eigenvalue weighted by atomic mass is 9.99. The van der Waals surface area contributed by atoms with Gasteiger partial charge in [0.05, 0.1) is 5.69 Å². The molecule has 1 aromatic carbocycles. The molecule has 0 atom stereocenters. The minimum atomic E-state index is -3.54. The van der Waals surface area contributed by atoms with Crippen molar-refractivity contribution in [3.8, 4) is 0 Å². The molecule has 5 nitrogen and oxygen atoms in total. The van der Waals surface area contributed by atoms with Crippen LogP contribution in [0.3, 0.4) is 0 Å².